The van der Waals surface area contributed by atoms with E-state index in [1.165, 1.54) is 6.20 Å². The summed E-state index contributed by atoms with van der Waals surface area (Å²) in [6, 6.07) is 12.1. The van der Waals surface area contributed by atoms with Gasteiger partial charge in [0.1, 0.15) is 12.4 Å². The monoisotopic (exact) mass is 397 g/mol. The molecule has 3 aromatic rings. The van der Waals surface area contributed by atoms with Crippen molar-refractivity contribution in [1.82, 2.24) is 4.98 Å². The van der Waals surface area contributed by atoms with E-state index in [0.717, 1.165) is 12.0 Å². The first-order valence-corrected chi connectivity index (χ1v) is 9.33. The van der Waals surface area contributed by atoms with Crippen molar-refractivity contribution in [2.75, 3.05) is 7.11 Å². The SMILES string of the molecule is CCCC(=O)c1cnc2c(COC(=O)c3ccc(OC)cc3)cccc2c1Cl. The summed E-state index contributed by atoms with van der Waals surface area (Å²) in [4.78, 5) is 28.9. The summed E-state index contributed by atoms with van der Waals surface area (Å²) in [5.41, 5.74) is 2.18. The molecular weight excluding hydrogens is 378 g/mol. The van der Waals surface area contributed by atoms with Crippen molar-refractivity contribution in [2.24, 2.45) is 0 Å². The van der Waals surface area contributed by atoms with Gasteiger partial charge >= 0.3 is 5.97 Å². The Morgan fingerprint density at radius 1 is 1.11 bits per heavy atom. The van der Waals surface area contributed by atoms with Gasteiger partial charge in [-0.2, -0.15) is 0 Å². The molecule has 1 aromatic heterocycles. The number of rotatable bonds is 7. The van der Waals surface area contributed by atoms with Crippen LogP contribution in [0.2, 0.25) is 5.02 Å². The number of benzene rings is 2. The second-order valence-corrected chi connectivity index (χ2v) is 6.65. The zero-order chi connectivity index (χ0) is 20.1. The molecule has 0 aliphatic heterocycles. The highest BCUT2D eigenvalue weighted by atomic mass is 35.5. The van der Waals surface area contributed by atoms with Crippen LogP contribution < -0.4 is 4.74 Å². The van der Waals surface area contributed by atoms with Gasteiger partial charge in [0.2, 0.25) is 0 Å². The summed E-state index contributed by atoms with van der Waals surface area (Å²) in [6.07, 6.45) is 2.66. The number of aromatic nitrogens is 1. The van der Waals surface area contributed by atoms with Crippen molar-refractivity contribution >= 4 is 34.3 Å². The summed E-state index contributed by atoms with van der Waals surface area (Å²) in [5, 5.41) is 1.05. The van der Waals surface area contributed by atoms with Gasteiger partial charge in [-0.1, -0.05) is 36.7 Å². The molecule has 0 saturated heterocycles. The number of hydrogen-bond donors (Lipinski definition) is 0. The number of pyridine rings is 1. The molecule has 0 unspecified atom stereocenters. The molecule has 2 aromatic carbocycles. The largest absolute Gasteiger partial charge is 0.497 e. The fourth-order valence-electron chi connectivity index (χ4n) is 2.88. The zero-order valence-corrected chi connectivity index (χ0v) is 16.5. The fraction of sp³-hybridized carbons (Fsp3) is 0.227. The molecule has 144 valence electrons. The van der Waals surface area contributed by atoms with E-state index in [4.69, 9.17) is 21.1 Å². The number of ketones is 1. The number of halogens is 1. The predicted molar refractivity (Wildman–Crippen MR) is 108 cm³/mol. The van der Waals surface area contributed by atoms with Crippen LogP contribution in [0.3, 0.4) is 0 Å². The zero-order valence-electron chi connectivity index (χ0n) is 15.7. The summed E-state index contributed by atoms with van der Waals surface area (Å²) in [6.45, 7) is 1.99. The average molecular weight is 398 g/mol. The van der Waals surface area contributed by atoms with Crippen LogP contribution in [-0.2, 0) is 11.3 Å². The number of Topliss-reactive ketones (excluding diaryl/α,β-unsaturated/α-hetero) is 1. The Kier molecular flexibility index (Phi) is 6.26. The molecule has 0 N–H and O–H groups in total. The maximum atomic E-state index is 12.3. The van der Waals surface area contributed by atoms with Crippen LogP contribution in [-0.4, -0.2) is 23.8 Å². The molecule has 0 amide bonds. The Labute approximate surface area is 168 Å². The first-order chi connectivity index (χ1) is 13.5. The Bertz CT molecular complexity index is 1010. The Hall–Kier alpha value is -2.92. The Morgan fingerprint density at radius 3 is 2.54 bits per heavy atom. The molecule has 6 heteroatoms. The van der Waals surface area contributed by atoms with Crippen molar-refractivity contribution in [2.45, 2.75) is 26.4 Å². The highest BCUT2D eigenvalue weighted by Gasteiger charge is 2.16. The molecule has 0 aliphatic rings. The van der Waals surface area contributed by atoms with Gasteiger partial charge in [-0.3, -0.25) is 9.78 Å². The Balaban J connectivity index is 1.82. The maximum Gasteiger partial charge on any atom is 0.338 e. The van der Waals surface area contributed by atoms with Gasteiger partial charge in [0, 0.05) is 23.6 Å². The minimum atomic E-state index is -0.444. The molecule has 3 rings (SSSR count). The molecule has 28 heavy (non-hydrogen) atoms. The van der Waals surface area contributed by atoms with E-state index in [9.17, 15) is 9.59 Å². The topological polar surface area (TPSA) is 65.5 Å². The van der Waals surface area contributed by atoms with Crippen LogP contribution in [0.15, 0.2) is 48.7 Å². The second-order valence-electron chi connectivity index (χ2n) is 6.28. The summed E-state index contributed by atoms with van der Waals surface area (Å²) < 4.78 is 10.5. The molecule has 0 saturated carbocycles. The van der Waals surface area contributed by atoms with Crippen LogP contribution >= 0.6 is 11.6 Å². The third kappa shape index (κ3) is 4.15. The third-order valence-corrected chi connectivity index (χ3v) is 4.78. The fourth-order valence-corrected chi connectivity index (χ4v) is 3.18. The van der Waals surface area contributed by atoms with Crippen molar-refractivity contribution in [3.8, 4) is 5.75 Å². The number of carbonyl (C=O) groups is 2. The standard InChI is InChI=1S/C22H20ClNO4/c1-3-5-19(25)18-12-24-21-15(6-4-7-17(21)20(18)23)13-28-22(26)14-8-10-16(27-2)11-9-14/h4,6-12H,3,5,13H2,1-2H3. The molecule has 0 radical (unpaired) electrons. The lowest BCUT2D eigenvalue weighted by atomic mass is 10.0. The molecule has 0 bridgehead atoms. The number of methoxy groups -OCH3 is 1. The highest BCUT2D eigenvalue weighted by Crippen LogP contribution is 2.29. The first-order valence-electron chi connectivity index (χ1n) is 8.95. The van der Waals surface area contributed by atoms with Crippen LogP contribution in [0.4, 0.5) is 0 Å². The van der Waals surface area contributed by atoms with Gasteiger partial charge in [-0.15, -0.1) is 0 Å². The van der Waals surface area contributed by atoms with Crippen molar-refractivity contribution in [3.63, 3.8) is 0 Å². The highest BCUT2D eigenvalue weighted by molar-refractivity contribution is 6.38. The molecule has 5 nitrogen and oxygen atoms in total. The number of ether oxygens (including phenoxy) is 2. The maximum absolute atomic E-state index is 12.3. The van der Waals surface area contributed by atoms with Crippen molar-refractivity contribution < 1.29 is 19.1 Å². The van der Waals surface area contributed by atoms with Crippen molar-refractivity contribution in [3.05, 3.63) is 70.4 Å². The summed E-state index contributed by atoms with van der Waals surface area (Å²) in [5.74, 6) is 0.191. The molecule has 1 heterocycles. The van der Waals surface area contributed by atoms with Crippen LogP contribution in [0, 0.1) is 0 Å². The normalized spacial score (nSPS) is 10.7. The number of esters is 1. The molecular formula is C22H20ClNO4. The van der Waals surface area contributed by atoms with Crippen LogP contribution in [0.25, 0.3) is 10.9 Å². The van der Waals surface area contributed by atoms with Gasteiger partial charge < -0.3 is 9.47 Å². The van der Waals surface area contributed by atoms with E-state index >= 15 is 0 Å². The van der Waals surface area contributed by atoms with Crippen molar-refractivity contribution in [1.29, 1.82) is 0 Å². The number of fused-ring (bicyclic) bond motifs is 1. The smallest absolute Gasteiger partial charge is 0.338 e. The lowest BCUT2D eigenvalue weighted by Crippen LogP contribution is -2.06. The molecule has 0 spiro atoms. The molecule has 0 fully saturated rings. The summed E-state index contributed by atoms with van der Waals surface area (Å²) >= 11 is 6.45. The van der Waals surface area contributed by atoms with Gasteiger partial charge in [-0.25, -0.2) is 4.79 Å². The van der Waals surface area contributed by atoms with E-state index in [-0.39, 0.29) is 12.4 Å². The number of hydrogen-bond acceptors (Lipinski definition) is 5. The van der Waals surface area contributed by atoms with E-state index in [2.05, 4.69) is 4.98 Å². The lowest BCUT2D eigenvalue weighted by molar-refractivity contribution is 0.0474. The minimum absolute atomic E-state index is 0.0294. The van der Waals surface area contributed by atoms with Gasteiger partial charge in [0.25, 0.3) is 0 Å². The third-order valence-electron chi connectivity index (χ3n) is 4.38. The molecule has 0 aliphatic carbocycles. The molecule has 0 atom stereocenters. The summed E-state index contributed by atoms with van der Waals surface area (Å²) in [7, 11) is 1.56. The predicted octanol–water partition coefficient (Wildman–Crippen LogP) is 5.24. The van der Waals surface area contributed by atoms with Crippen LogP contribution in [0.1, 0.15) is 46.0 Å². The van der Waals surface area contributed by atoms with E-state index in [1.54, 1.807) is 37.4 Å². The minimum Gasteiger partial charge on any atom is -0.497 e. The lowest BCUT2D eigenvalue weighted by Gasteiger charge is -2.10. The average Bonchev–Trinajstić information content (AvgIpc) is 2.72. The quantitative estimate of drug-likeness (QED) is 0.403. The van der Waals surface area contributed by atoms with Gasteiger partial charge in [0.05, 0.1) is 28.8 Å². The van der Waals surface area contributed by atoms with Crippen LogP contribution in [0.5, 0.6) is 5.75 Å². The van der Waals surface area contributed by atoms with E-state index in [0.29, 0.717) is 39.2 Å². The number of carbonyl (C=O) groups excluding carboxylic acids is 2. The Morgan fingerprint density at radius 2 is 1.86 bits per heavy atom. The number of nitrogens with zero attached hydrogens (tertiary/aromatic N) is 1. The first kappa shape index (κ1) is 19.8. The van der Waals surface area contributed by atoms with E-state index in [1.807, 2.05) is 19.1 Å². The van der Waals surface area contributed by atoms with E-state index < -0.39 is 5.97 Å². The van der Waals surface area contributed by atoms with Gasteiger partial charge in [0.15, 0.2) is 5.78 Å². The number of para-hydroxylation sites is 1. The van der Waals surface area contributed by atoms with Gasteiger partial charge in [-0.05, 0) is 30.7 Å². The second kappa shape index (κ2) is 8.85.